The minimum atomic E-state index is -3.09. The van der Waals surface area contributed by atoms with Gasteiger partial charge in [0.2, 0.25) is 11.8 Å². The zero-order chi connectivity index (χ0) is 40.4. The van der Waals surface area contributed by atoms with E-state index in [0.29, 0.717) is 23.1 Å². The molecule has 56 heavy (non-hydrogen) atoms. The molecule has 1 heterocycles. The van der Waals surface area contributed by atoms with Gasteiger partial charge in [0.05, 0.1) is 36.8 Å². The Kier molecular flexibility index (Phi) is 12.7. The van der Waals surface area contributed by atoms with Crippen LogP contribution in [0.5, 0.6) is 5.75 Å². The normalized spacial score (nSPS) is 19.7. The van der Waals surface area contributed by atoms with E-state index in [1.54, 1.807) is 24.3 Å². The molecule has 2 aliphatic rings. The Hall–Kier alpha value is -4.14. The fourth-order valence-electron chi connectivity index (χ4n) is 8.63. The number of carbonyl (C=O) groups is 2. The Balaban J connectivity index is 1.42. The van der Waals surface area contributed by atoms with Crippen LogP contribution in [0.1, 0.15) is 52.5 Å². The minimum absolute atomic E-state index is 0.0633. The summed E-state index contributed by atoms with van der Waals surface area (Å²) in [7, 11) is -4.89. The maximum atomic E-state index is 14.3. The van der Waals surface area contributed by atoms with Crippen LogP contribution < -0.4 is 20.7 Å². The third kappa shape index (κ3) is 8.15. The van der Waals surface area contributed by atoms with Crippen molar-refractivity contribution in [2.75, 3.05) is 18.1 Å². The summed E-state index contributed by atoms with van der Waals surface area (Å²) in [6.45, 7) is 8.01. The van der Waals surface area contributed by atoms with Gasteiger partial charge in [-0.3, -0.25) is 14.5 Å². The van der Waals surface area contributed by atoms with Crippen LogP contribution in [0.25, 0.3) is 6.08 Å². The van der Waals surface area contributed by atoms with Crippen molar-refractivity contribution < 1.29 is 39.4 Å². The Morgan fingerprint density at radius 2 is 1.59 bits per heavy atom. The van der Waals surface area contributed by atoms with E-state index in [-0.39, 0.29) is 41.4 Å². The molecule has 1 aliphatic carbocycles. The summed E-state index contributed by atoms with van der Waals surface area (Å²) in [5, 5.41) is 55.2. The highest BCUT2D eigenvalue weighted by atomic mass is 79.9. The van der Waals surface area contributed by atoms with Gasteiger partial charge >= 0.3 is 7.12 Å². The first-order chi connectivity index (χ1) is 26.7. The molecule has 0 aromatic heterocycles. The largest absolute Gasteiger partial charge is 0.507 e. The van der Waals surface area contributed by atoms with Gasteiger partial charge in [0, 0.05) is 16.0 Å². The molecular weight excluding hydrogens is 789 g/mol. The van der Waals surface area contributed by atoms with E-state index in [4.69, 9.17) is 4.43 Å². The number of amides is 2. The number of hydrogen-bond acceptors (Lipinski definition) is 8. The molecule has 1 aliphatic heterocycles. The predicted octanol–water partition coefficient (Wildman–Crippen LogP) is 5.07. The van der Waals surface area contributed by atoms with Crippen LogP contribution in [-0.4, -0.2) is 71.9 Å². The van der Waals surface area contributed by atoms with Crippen LogP contribution in [-0.2, 0) is 14.0 Å². The quantitative estimate of drug-likeness (QED) is 0.0713. The lowest BCUT2D eigenvalue weighted by Gasteiger charge is -2.44. The van der Waals surface area contributed by atoms with Gasteiger partial charge in [0.25, 0.3) is 8.32 Å². The van der Waals surface area contributed by atoms with Crippen LogP contribution in [0, 0.1) is 17.8 Å². The number of nitrogens with zero attached hydrogens (tertiary/aromatic N) is 1. The molecule has 292 valence electrons. The molecule has 0 saturated carbocycles. The number of phenolic OH excluding ortho intramolecular Hbond substituents is 1. The molecule has 4 aromatic carbocycles. The van der Waals surface area contributed by atoms with Crippen LogP contribution in [0.4, 0.5) is 5.69 Å². The van der Waals surface area contributed by atoms with Gasteiger partial charge in [-0.25, -0.2) is 0 Å². The first-order valence-corrected chi connectivity index (χ1v) is 21.6. The highest BCUT2D eigenvalue weighted by Crippen LogP contribution is 2.48. The van der Waals surface area contributed by atoms with E-state index in [0.717, 1.165) is 25.3 Å². The van der Waals surface area contributed by atoms with Crippen molar-refractivity contribution in [2.45, 2.75) is 58.1 Å². The van der Waals surface area contributed by atoms with Gasteiger partial charge in [-0.15, -0.1) is 0 Å². The molecule has 5 N–H and O–H groups in total. The minimum Gasteiger partial charge on any atom is -0.507 e. The number of aliphatic hydroxyl groups excluding tert-OH is 2. The smallest absolute Gasteiger partial charge is 0.488 e. The third-order valence-corrected chi connectivity index (χ3v) is 16.7. The summed E-state index contributed by atoms with van der Waals surface area (Å²) in [4.78, 5) is 29.7. The summed E-state index contributed by atoms with van der Waals surface area (Å²) in [5.74, 6) is -3.50. The Bertz CT molecular complexity index is 2080. The van der Waals surface area contributed by atoms with E-state index in [2.05, 4.69) is 61.0 Å². The average Bonchev–Trinajstić information content (AvgIpc) is 3.43. The number of phenols is 1. The molecule has 4 aromatic rings. The summed E-state index contributed by atoms with van der Waals surface area (Å²) in [5.41, 5.74) is 3.06. The van der Waals surface area contributed by atoms with Crippen molar-refractivity contribution >= 4 is 70.8 Å². The van der Waals surface area contributed by atoms with Gasteiger partial charge in [0.15, 0.2) is 0 Å². The first kappa shape index (κ1) is 41.5. The number of aliphatic hydroxyl groups is 2. The van der Waals surface area contributed by atoms with Gasteiger partial charge in [-0.1, -0.05) is 121 Å². The van der Waals surface area contributed by atoms with E-state index >= 15 is 0 Å². The van der Waals surface area contributed by atoms with E-state index in [1.165, 1.54) is 12.1 Å². The number of fused-ring (bicyclic) bond motifs is 1. The Morgan fingerprint density at radius 3 is 2.18 bits per heavy atom. The van der Waals surface area contributed by atoms with E-state index in [1.807, 2.05) is 55.5 Å². The topological polar surface area (TPSA) is 148 Å². The monoisotopic (exact) mass is 837 g/mol. The van der Waals surface area contributed by atoms with Crippen LogP contribution >= 0.6 is 15.9 Å². The molecule has 0 radical (unpaired) electrons. The van der Waals surface area contributed by atoms with Crippen LogP contribution in [0.2, 0.25) is 5.04 Å². The second-order valence-electron chi connectivity index (χ2n) is 15.9. The van der Waals surface area contributed by atoms with E-state index < -0.39 is 57.7 Å². The molecule has 0 bridgehead atoms. The van der Waals surface area contributed by atoms with Crippen molar-refractivity contribution in [3.8, 4) is 5.75 Å². The van der Waals surface area contributed by atoms with Crippen LogP contribution in [0.3, 0.4) is 0 Å². The summed E-state index contributed by atoms with van der Waals surface area (Å²) < 4.78 is 8.17. The zero-order valence-corrected chi connectivity index (χ0v) is 34.7. The Labute approximate surface area is 338 Å². The SMILES string of the molecule is C/C(=C\c1cc(Br)ccc1O)CC[C@@H](O)C1=C(CO[Si](c2ccccc2)(c2ccccc2)C(C)(C)C)C[C@H]2C(=O)N(c3cccc(B(O)O)c3)C(=O)[C@H]2[C@H]1CO. The number of allylic oxidation sites excluding steroid dienone is 1. The molecular formula is C44H49BBrNO8Si. The molecule has 1 fully saturated rings. The van der Waals surface area contributed by atoms with Crippen molar-refractivity contribution in [2.24, 2.45) is 17.8 Å². The van der Waals surface area contributed by atoms with Crippen molar-refractivity contribution in [1.29, 1.82) is 0 Å². The summed E-state index contributed by atoms with van der Waals surface area (Å²) in [6, 6.07) is 31.5. The second-order valence-corrected chi connectivity index (χ2v) is 21.1. The van der Waals surface area contributed by atoms with Gasteiger partial charge in [-0.2, -0.15) is 0 Å². The Morgan fingerprint density at radius 1 is 0.946 bits per heavy atom. The van der Waals surface area contributed by atoms with Crippen LogP contribution in [0.15, 0.2) is 124 Å². The highest BCUT2D eigenvalue weighted by molar-refractivity contribution is 9.10. The number of carbonyl (C=O) groups excluding carboxylic acids is 2. The van der Waals surface area contributed by atoms with Crippen molar-refractivity contribution in [3.05, 3.63) is 130 Å². The zero-order valence-electron chi connectivity index (χ0n) is 32.1. The maximum absolute atomic E-state index is 14.3. The van der Waals surface area contributed by atoms with E-state index in [9.17, 15) is 35.0 Å². The molecule has 4 atom stereocenters. The second kappa shape index (κ2) is 17.2. The summed E-state index contributed by atoms with van der Waals surface area (Å²) >= 11 is 3.46. The molecule has 12 heteroatoms. The number of rotatable bonds is 13. The van der Waals surface area contributed by atoms with Gasteiger partial charge in [-0.05, 0) is 88.5 Å². The molecule has 9 nitrogen and oxygen atoms in total. The number of aromatic hydroxyl groups is 1. The number of anilines is 1. The molecule has 0 spiro atoms. The third-order valence-electron chi connectivity index (χ3n) is 11.2. The standard InChI is InChI=1S/C44H49BBrNO8Si/c1-28(22-29-23-32(46)19-21-38(29)49)18-20-39(50)40-30(27-55-56(44(2,3)4,34-14-7-5-8-15-34)35-16-9-6-10-17-35)24-36-41(37(40)26-48)43(52)47(42(36)51)33-13-11-12-31(25-33)45(53)54/h5-17,19,21-23,25,36-37,39,41,48-50,53-54H,18,20,24,26-27H2,1-4H3/b28-22+/t36-,37+,39-,41-/m1/s1. The number of hydrogen-bond donors (Lipinski definition) is 5. The fourth-order valence-corrected chi connectivity index (χ4v) is 13.6. The first-order valence-electron chi connectivity index (χ1n) is 18.9. The molecule has 2 amide bonds. The number of imide groups is 1. The molecule has 0 unspecified atom stereocenters. The van der Waals surface area contributed by atoms with Crippen molar-refractivity contribution in [3.63, 3.8) is 0 Å². The lowest BCUT2D eigenvalue weighted by molar-refractivity contribution is -0.123. The van der Waals surface area contributed by atoms with Gasteiger partial charge in [0.1, 0.15) is 5.75 Å². The highest BCUT2D eigenvalue weighted by Gasteiger charge is 2.56. The lowest BCUT2D eigenvalue weighted by Crippen LogP contribution is -2.66. The number of benzene rings is 4. The van der Waals surface area contributed by atoms with Crippen molar-refractivity contribution in [1.82, 2.24) is 0 Å². The lowest BCUT2D eigenvalue weighted by atomic mass is 9.68. The summed E-state index contributed by atoms with van der Waals surface area (Å²) in [6.07, 6.45) is 1.61. The number of halogens is 1. The predicted molar refractivity (Wildman–Crippen MR) is 226 cm³/mol. The molecule has 1 saturated heterocycles. The fraction of sp³-hybridized carbons (Fsp3) is 0.318. The molecule has 6 rings (SSSR count). The van der Waals surface area contributed by atoms with Gasteiger partial charge < -0.3 is 29.8 Å². The average molecular weight is 839 g/mol. The maximum Gasteiger partial charge on any atom is 0.488 e.